The van der Waals surface area contributed by atoms with Crippen molar-refractivity contribution in [1.82, 2.24) is 20.3 Å². The van der Waals surface area contributed by atoms with Gasteiger partial charge in [0.15, 0.2) is 0 Å². The molecular formula is C32H36ClF3N6O. The number of halogens is 4. The minimum absolute atomic E-state index is 0.0854. The summed E-state index contributed by atoms with van der Waals surface area (Å²) in [5, 5.41) is 9.45. The molecule has 1 aliphatic carbocycles. The van der Waals surface area contributed by atoms with Crippen molar-refractivity contribution < 1.29 is 18.0 Å². The Morgan fingerprint density at radius 2 is 1.72 bits per heavy atom. The third-order valence-corrected chi connectivity index (χ3v) is 7.29. The highest BCUT2D eigenvalue weighted by Gasteiger charge is 2.29. The fraction of sp³-hybridized carbons (Fsp3) is 0.344. The van der Waals surface area contributed by atoms with Crippen LogP contribution in [0.1, 0.15) is 55.7 Å². The zero-order valence-corrected chi connectivity index (χ0v) is 24.7. The predicted molar refractivity (Wildman–Crippen MR) is 165 cm³/mol. The lowest BCUT2D eigenvalue weighted by atomic mass is 9.91. The molecule has 1 fully saturated rings. The van der Waals surface area contributed by atoms with Gasteiger partial charge in [0.1, 0.15) is 5.82 Å². The van der Waals surface area contributed by atoms with E-state index in [2.05, 4.69) is 37.8 Å². The number of alkyl halides is 3. The maximum absolute atomic E-state index is 12.7. The highest BCUT2D eigenvalue weighted by molar-refractivity contribution is 6.30. The van der Waals surface area contributed by atoms with Crippen molar-refractivity contribution in [2.75, 3.05) is 17.2 Å². The largest absolute Gasteiger partial charge is 0.416 e. The average Bonchev–Trinajstić information content (AvgIpc) is 3.54. The van der Waals surface area contributed by atoms with Gasteiger partial charge in [-0.1, -0.05) is 74.9 Å². The third kappa shape index (κ3) is 10.6. The first kappa shape index (κ1) is 31.9. The zero-order chi connectivity index (χ0) is 30.7. The molecule has 2 aromatic heterocycles. The monoisotopic (exact) mass is 612 g/mol. The molecule has 0 unspecified atom stereocenters. The summed E-state index contributed by atoms with van der Waals surface area (Å²) in [5.74, 6) is 1.49. The number of hydrogen-bond donors (Lipinski definition) is 4. The summed E-state index contributed by atoms with van der Waals surface area (Å²) in [4.78, 5) is 24.3. The lowest BCUT2D eigenvalue weighted by molar-refractivity contribution is -0.137. The number of nitrogens with one attached hydrogen (secondary N) is 4. The van der Waals surface area contributed by atoms with Crippen molar-refractivity contribution in [2.45, 2.75) is 58.3 Å². The van der Waals surface area contributed by atoms with Gasteiger partial charge in [0, 0.05) is 42.1 Å². The van der Waals surface area contributed by atoms with Crippen LogP contribution in [0.25, 0.3) is 11.3 Å². The first-order chi connectivity index (χ1) is 20.7. The van der Waals surface area contributed by atoms with Gasteiger partial charge in [-0.3, -0.25) is 4.79 Å². The SMILES string of the molecule is CC1CCCCC1.O=C(CNc1cc(-c2cc[nH]c2)nc(NCc2cccc(Cl)c2)n1)NCc1ccc(C(F)(F)F)cc1. The molecule has 1 amide bonds. The van der Waals surface area contributed by atoms with Crippen LogP contribution in [0.4, 0.5) is 24.9 Å². The summed E-state index contributed by atoms with van der Waals surface area (Å²) in [6.45, 7) is 2.82. The number of hydrogen-bond acceptors (Lipinski definition) is 5. The highest BCUT2D eigenvalue weighted by Crippen LogP contribution is 2.29. The second kappa shape index (κ2) is 15.4. The molecule has 1 aliphatic rings. The third-order valence-electron chi connectivity index (χ3n) is 7.05. The van der Waals surface area contributed by atoms with Crippen LogP contribution < -0.4 is 16.0 Å². The van der Waals surface area contributed by atoms with E-state index in [0.29, 0.717) is 34.6 Å². The molecule has 4 aromatic rings. The quantitative estimate of drug-likeness (QED) is 0.153. The Hall–Kier alpha value is -4.05. The molecule has 0 aliphatic heterocycles. The average molecular weight is 613 g/mol. The van der Waals surface area contributed by atoms with E-state index < -0.39 is 11.7 Å². The van der Waals surface area contributed by atoms with Crippen molar-refractivity contribution in [3.8, 4) is 11.3 Å². The maximum Gasteiger partial charge on any atom is 0.416 e. The van der Waals surface area contributed by atoms with Crippen molar-refractivity contribution in [3.63, 3.8) is 0 Å². The van der Waals surface area contributed by atoms with Crippen molar-refractivity contribution in [1.29, 1.82) is 0 Å². The fourth-order valence-corrected chi connectivity index (χ4v) is 4.84. The normalized spacial score (nSPS) is 13.5. The van der Waals surface area contributed by atoms with Gasteiger partial charge in [-0.25, -0.2) is 4.98 Å². The van der Waals surface area contributed by atoms with Crippen LogP contribution in [-0.2, 0) is 24.1 Å². The number of anilines is 2. The topological polar surface area (TPSA) is 94.7 Å². The van der Waals surface area contributed by atoms with Crippen LogP contribution in [0.5, 0.6) is 0 Å². The molecule has 0 spiro atoms. The molecule has 4 N–H and O–H groups in total. The minimum atomic E-state index is -4.40. The van der Waals surface area contributed by atoms with Crippen molar-refractivity contribution in [2.24, 2.45) is 5.92 Å². The molecule has 2 aromatic carbocycles. The van der Waals surface area contributed by atoms with Gasteiger partial charge in [-0.2, -0.15) is 18.2 Å². The van der Waals surface area contributed by atoms with E-state index in [1.54, 1.807) is 24.5 Å². The van der Waals surface area contributed by atoms with Gasteiger partial charge < -0.3 is 20.9 Å². The Morgan fingerprint density at radius 3 is 2.35 bits per heavy atom. The number of rotatable bonds is 9. The Kier molecular flexibility index (Phi) is 11.4. The summed E-state index contributed by atoms with van der Waals surface area (Å²) < 4.78 is 38.1. The molecule has 11 heteroatoms. The smallest absolute Gasteiger partial charge is 0.367 e. The van der Waals surface area contributed by atoms with Crippen molar-refractivity contribution in [3.05, 3.63) is 94.8 Å². The van der Waals surface area contributed by atoms with Crippen LogP contribution >= 0.6 is 11.6 Å². The summed E-state index contributed by atoms with van der Waals surface area (Å²) in [6.07, 6.45) is 6.61. The Morgan fingerprint density at radius 1 is 0.953 bits per heavy atom. The van der Waals surface area contributed by atoms with Crippen LogP contribution in [0.15, 0.2) is 73.1 Å². The summed E-state index contributed by atoms with van der Waals surface area (Å²) in [5.41, 5.74) is 2.27. The number of carbonyl (C=O) groups is 1. The van der Waals surface area contributed by atoms with Gasteiger partial charge in [0.25, 0.3) is 0 Å². The second-order valence-electron chi connectivity index (χ2n) is 10.6. The van der Waals surface area contributed by atoms with E-state index in [0.717, 1.165) is 29.2 Å². The standard InChI is InChI=1S/C25H22ClF3N6O.C7H14/c26-20-3-1-2-17(10-20)13-33-24-34-21(18-8-9-30-14-18)11-22(35-24)31-15-23(36)32-12-16-4-6-19(7-5-16)25(27,28)29;1-7-5-3-2-4-6-7/h1-11,14,30H,12-13,15H2,(H,32,36)(H2,31,33,34,35);7H,2-6H2,1H3. The van der Waals surface area contributed by atoms with Gasteiger partial charge in [0.2, 0.25) is 11.9 Å². The van der Waals surface area contributed by atoms with Crippen LogP contribution in [-0.4, -0.2) is 27.4 Å². The Bertz CT molecular complexity index is 1440. The van der Waals surface area contributed by atoms with E-state index in [1.807, 2.05) is 24.3 Å². The first-order valence-corrected chi connectivity index (χ1v) is 14.7. The van der Waals surface area contributed by atoms with Gasteiger partial charge in [-0.15, -0.1) is 0 Å². The summed E-state index contributed by atoms with van der Waals surface area (Å²) in [7, 11) is 0. The van der Waals surface area contributed by atoms with Crippen LogP contribution in [0.2, 0.25) is 5.02 Å². The Balaban J connectivity index is 0.000000530. The lowest BCUT2D eigenvalue weighted by Crippen LogP contribution is -2.29. The van der Waals surface area contributed by atoms with E-state index >= 15 is 0 Å². The number of aromatic nitrogens is 3. The maximum atomic E-state index is 12.7. The van der Waals surface area contributed by atoms with Crippen LogP contribution in [0, 0.1) is 5.92 Å². The second-order valence-corrected chi connectivity index (χ2v) is 11.0. The highest BCUT2D eigenvalue weighted by atomic mass is 35.5. The fourth-order valence-electron chi connectivity index (χ4n) is 4.63. The summed E-state index contributed by atoms with van der Waals surface area (Å²) >= 11 is 6.05. The lowest BCUT2D eigenvalue weighted by Gasteiger charge is -2.15. The molecule has 0 bridgehead atoms. The van der Waals surface area contributed by atoms with Gasteiger partial charge in [0.05, 0.1) is 17.8 Å². The number of benzene rings is 2. The number of aromatic amines is 1. The molecule has 0 atom stereocenters. The number of carbonyl (C=O) groups excluding carboxylic acids is 1. The molecule has 2 heterocycles. The zero-order valence-electron chi connectivity index (χ0n) is 24.0. The molecule has 7 nitrogen and oxygen atoms in total. The molecule has 0 radical (unpaired) electrons. The van der Waals surface area contributed by atoms with Crippen LogP contribution in [0.3, 0.4) is 0 Å². The van der Waals surface area contributed by atoms with E-state index in [-0.39, 0.29) is 19.0 Å². The molecule has 1 saturated carbocycles. The molecule has 43 heavy (non-hydrogen) atoms. The summed E-state index contributed by atoms with van der Waals surface area (Å²) in [6, 6.07) is 15.6. The number of amides is 1. The number of nitrogens with zero attached hydrogens (tertiary/aromatic N) is 2. The minimum Gasteiger partial charge on any atom is -0.367 e. The number of H-pyrrole nitrogens is 1. The molecular weight excluding hydrogens is 577 g/mol. The predicted octanol–water partition coefficient (Wildman–Crippen LogP) is 8.07. The Labute approximate surface area is 254 Å². The van der Waals surface area contributed by atoms with E-state index in [9.17, 15) is 18.0 Å². The molecule has 228 valence electrons. The first-order valence-electron chi connectivity index (χ1n) is 14.3. The van der Waals surface area contributed by atoms with E-state index in [4.69, 9.17) is 11.6 Å². The van der Waals surface area contributed by atoms with Gasteiger partial charge >= 0.3 is 6.18 Å². The molecule has 0 saturated heterocycles. The molecule has 5 rings (SSSR count). The van der Waals surface area contributed by atoms with Gasteiger partial charge in [-0.05, 0) is 47.4 Å². The van der Waals surface area contributed by atoms with E-state index in [1.165, 1.54) is 44.2 Å². The van der Waals surface area contributed by atoms with Crippen molar-refractivity contribution >= 4 is 29.3 Å².